The van der Waals surface area contributed by atoms with Crippen LogP contribution in [0.4, 0.5) is 0 Å². The molecule has 5 heteroatoms. The molecule has 13 heavy (non-hydrogen) atoms. The van der Waals surface area contributed by atoms with Gasteiger partial charge in [0, 0.05) is 19.5 Å². The fourth-order valence-corrected chi connectivity index (χ4v) is 1.10. The standard InChI is InChI=1S/C8H14N2O3/c9-4-1-6(11)10-5-8(2-3-8)7(12)13/h1-5,9H2,(H,10,11)(H,12,13). The number of nitrogens with two attached hydrogens (primary N) is 1. The Kier molecular flexibility index (Phi) is 2.87. The quantitative estimate of drug-likeness (QED) is 0.530. The van der Waals surface area contributed by atoms with Crippen molar-refractivity contribution in [2.45, 2.75) is 19.3 Å². The van der Waals surface area contributed by atoms with Gasteiger partial charge in [0.05, 0.1) is 5.41 Å². The number of hydrogen-bond donors (Lipinski definition) is 3. The molecule has 0 aromatic heterocycles. The van der Waals surface area contributed by atoms with Gasteiger partial charge in [-0.25, -0.2) is 0 Å². The van der Waals surface area contributed by atoms with Crippen molar-refractivity contribution >= 4 is 11.9 Å². The molecule has 0 aromatic rings. The molecule has 1 fully saturated rings. The van der Waals surface area contributed by atoms with Crippen molar-refractivity contribution in [3.63, 3.8) is 0 Å². The van der Waals surface area contributed by atoms with Crippen LogP contribution in [0.1, 0.15) is 19.3 Å². The van der Waals surface area contributed by atoms with E-state index in [9.17, 15) is 9.59 Å². The number of hydrogen-bond acceptors (Lipinski definition) is 3. The van der Waals surface area contributed by atoms with Crippen molar-refractivity contribution in [3.8, 4) is 0 Å². The molecular formula is C8H14N2O3. The molecule has 0 bridgehead atoms. The molecule has 0 unspecified atom stereocenters. The van der Waals surface area contributed by atoms with E-state index in [1.54, 1.807) is 0 Å². The first kappa shape index (κ1) is 9.98. The Hall–Kier alpha value is -1.10. The third-order valence-corrected chi connectivity index (χ3v) is 2.30. The molecule has 0 aromatic carbocycles. The van der Waals surface area contributed by atoms with Crippen molar-refractivity contribution in [1.82, 2.24) is 5.32 Å². The smallest absolute Gasteiger partial charge is 0.311 e. The molecule has 1 aliphatic carbocycles. The molecular weight excluding hydrogens is 172 g/mol. The van der Waals surface area contributed by atoms with E-state index in [2.05, 4.69) is 5.32 Å². The van der Waals surface area contributed by atoms with Crippen LogP contribution in [0.25, 0.3) is 0 Å². The summed E-state index contributed by atoms with van der Waals surface area (Å²) in [5.74, 6) is -0.990. The molecule has 1 rings (SSSR count). The van der Waals surface area contributed by atoms with Crippen LogP contribution >= 0.6 is 0 Å². The van der Waals surface area contributed by atoms with Crippen LogP contribution < -0.4 is 11.1 Å². The minimum Gasteiger partial charge on any atom is -0.481 e. The average molecular weight is 186 g/mol. The zero-order valence-corrected chi connectivity index (χ0v) is 7.38. The van der Waals surface area contributed by atoms with Crippen LogP contribution in [0.5, 0.6) is 0 Å². The zero-order chi connectivity index (χ0) is 9.90. The maximum atomic E-state index is 11.0. The van der Waals surface area contributed by atoms with E-state index < -0.39 is 11.4 Å². The highest BCUT2D eigenvalue weighted by molar-refractivity contribution is 5.80. The summed E-state index contributed by atoms with van der Waals surface area (Å²) in [7, 11) is 0. The number of nitrogens with one attached hydrogen (secondary N) is 1. The minimum absolute atomic E-state index is 0.171. The number of carboxylic acid groups (broad SMARTS) is 1. The second-order valence-corrected chi connectivity index (χ2v) is 3.40. The van der Waals surface area contributed by atoms with Crippen LogP contribution in [0.2, 0.25) is 0 Å². The second kappa shape index (κ2) is 3.74. The highest BCUT2D eigenvalue weighted by Gasteiger charge is 2.50. The maximum absolute atomic E-state index is 11.0. The summed E-state index contributed by atoms with van der Waals surface area (Å²) < 4.78 is 0. The van der Waals surface area contributed by atoms with E-state index in [1.165, 1.54) is 0 Å². The Morgan fingerprint density at radius 2 is 2.08 bits per heavy atom. The van der Waals surface area contributed by atoms with Gasteiger partial charge in [-0.2, -0.15) is 0 Å². The largest absolute Gasteiger partial charge is 0.481 e. The number of aliphatic carboxylic acids is 1. The van der Waals surface area contributed by atoms with Gasteiger partial charge >= 0.3 is 5.97 Å². The van der Waals surface area contributed by atoms with Gasteiger partial charge in [0.25, 0.3) is 0 Å². The van der Waals surface area contributed by atoms with Crippen molar-refractivity contribution in [3.05, 3.63) is 0 Å². The normalized spacial score (nSPS) is 17.9. The molecule has 1 saturated carbocycles. The number of carbonyl (C=O) groups is 2. The molecule has 4 N–H and O–H groups in total. The average Bonchev–Trinajstić information content (AvgIpc) is 2.82. The van der Waals surface area contributed by atoms with Crippen LogP contribution in [-0.2, 0) is 9.59 Å². The highest BCUT2D eigenvalue weighted by atomic mass is 16.4. The van der Waals surface area contributed by atoms with Crippen molar-refractivity contribution in [2.24, 2.45) is 11.1 Å². The summed E-state index contributed by atoms with van der Waals surface area (Å²) in [6, 6.07) is 0. The SMILES string of the molecule is NCCC(=O)NCC1(C(=O)O)CC1. The summed E-state index contributed by atoms with van der Waals surface area (Å²) in [4.78, 5) is 21.6. The monoisotopic (exact) mass is 186 g/mol. The van der Waals surface area contributed by atoms with Gasteiger partial charge in [0.1, 0.15) is 0 Å². The molecule has 0 saturated heterocycles. The number of rotatable bonds is 5. The van der Waals surface area contributed by atoms with E-state index in [0.29, 0.717) is 19.4 Å². The predicted molar refractivity (Wildman–Crippen MR) is 46.0 cm³/mol. The molecule has 74 valence electrons. The van der Waals surface area contributed by atoms with Crippen molar-refractivity contribution < 1.29 is 14.7 Å². The Morgan fingerprint density at radius 1 is 1.46 bits per heavy atom. The lowest BCUT2D eigenvalue weighted by atomic mass is 10.1. The molecule has 1 amide bonds. The van der Waals surface area contributed by atoms with Crippen molar-refractivity contribution in [1.29, 1.82) is 0 Å². The molecule has 0 aliphatic heterocycles. The first-order valence-electron chi connectivity index (χ1n) is 4.31. The van der Waals surface area contributed by atoms with Gasteiger partial charge in [0.2, 0.25) is 5.91 Å². The van der Waals surface area contributed by atoms with E-state index >= 15 is 0 Å². The Bertz CT molecular complexity index is 223. The summed E-state index contributed by atoms with van der Waals surface area (Å²) in [5.41, 5.74) is 4.49. The lowest BCUT2D eigenvalue weighted by Crippen LogP contribution is -2.34. The molecule has 1 aliphatic rings. The van der Waals surface area contributed by atoms with Gasteiger partial charge in [0.15, 0.2) is 0 Å². The Balaban J connectivity index is 2.26. The van der Waals surface area contributed by atoms with Crippen LogP contribution in [0.3, 0.4) is 0 Å². The summed E-state index contributed by atoms with van der Waals surface area (Å²) >= 11 is 0. The Morgan fingerprint density at radius 3 is 2.46 bits per heavy atom. The molecule has 0 atom stereocenters. The Labute approximate surface area is 76.3 Å². The number of amides is 1. The zero-order valence-electron chi connectivity index (χ0n) is 7.38. The first-order chi connectivity index (χ1) is 6.10. The van der Waals surface area contributed by atoms with Crippen LogP contribution in [0.15, 0.2) is 0 Å². The number of carbonyl (C=O) groups excluding carboxylic acids is 1. The van der Waals surface area contributed by atoms with Gasteiger partial charge < -0.3 is 16.2 Å². The number of carboxylic acids is 1. The fourth-order valence-electron chi connectivity index (χ4n) is 1.10. The minimum atomic E-state index is -0.819. The third kappa shape index (κ3) is 2.42. The van der Waals surface area contributed by atoms with Gasteiger partial charge in [-0.15, -0.1) is 0 Å². The lowest BCUT2D eigenvalue weighted by molar-refractivity contribution is -0.143. The van der Waals surface area contributed by atoms with E-state index in [4.69, 9.17) is 10.8 Å². The van der Waals surface area contributed by atoms with E-state index in [1.807, 2.05) is 0 Å². The molecule has 5 nitrogen and oxygen atoms in total. The molecule has 0 heterocycles. The van der Waals surface area contributed by atoms with Crippen LogP contribution in [-0.4, -0.2) is 30.1 Å². The maximum Gasteiger partial charge on any atom is 0.311 e. The summed E-state index contributed by atoms with van der Waals surface area (Å²) in [6.07, 6.45) is 1.58. The highest BCUT2D eigenvalue weighted by Crippen LogP contribution is 2.45. The molecule has 0 spiro atoms. The fraction of sp³-hybridized carbons (Fsp3) is 0.750. The first-order valence-corrected chi connectivity index (χ1v) is 4.31. The van der Waals surface area contributed by atoms with Gasteiger partial charge in [-0.3, -0.25) is 9.59 Å². The van der Waals surface area contributed by atoms with Gasteiger partial charge in [-0.05, 0) is 12.8 Å². The summed E-state index contributed by atoms with van der Waals surface area (Å²) in [5, 5.41) is 11.3. The third-order valence-electron chi connectivity index (χ3n) is 2.30. The molecule has 0 radical (unpaired) electrons. The predicted octanol–water partition coefficient (Wildman–Crippen LogP) is -0.684. The van der Waals surface area contributed by atoms with Crippen molar-refractivity contribution in [2.75, 3.05) is 13.1 Å². The second-order valence-electron chi connectivity index (χ2n) is 3.40. The lowest BCUT2D eigenvalue weighted by Gasteiger charge is -2.10. The van der Waals surface area contributed by atoms with Crippen LogP contribution in [0, 0.1) is 5.41 Å². The summed E-state index contributed by atoms with van der Waals surface area (Å²) in [6.45, 7) is 0.535. The van der Waals surface area contributed by atoms with E-state index in [-0.39, 0.29) is 18.9 Å². The van der Waals surface area contributed by atoms with E-state index in [0.717, 1.165) is 0 Å². The van der Waals surface area contributed by atoms with Gasteiger partial charge in [-0.1, -0.05) is 0 Å². The topological polar surface area (TPSA) is 92.4 Å².